The Morgan fingerprint density at radius 3 is 1.34 bits per heavy atom. The summed E-state index contributed by atoms with van der Waals surface area (Å²) in [5, 5.41) is 5.30. The molecule has 6 N–H and O–H groups in total. The molecular formula is C42H54N10O4. The van der Waals surface area contributed by atoms with Gasteiger partial charge in [-0.05, 0) is 111 Å². The largest absolute Gasteiger partial charge is 0.383 e. The van der Waals surface area contributed by atoms with Crippen LogP contribution in [0.15, 0.2) is 61.2 Å². The molecule has 0 spiro atoms. The maximum Gasteiger partial charge on any atom is 0.313 e. The number of likely N-dealkylation sites (tertiary alicyclic amines) is 2. The Morgan fingerprint density at radius 2 is 1.02 bits per heavy atom. The predicted octanol–water partition coefficient (Wildman–Crippen LogP) is 5.74. The van der Waals surface area contributed by atoms with Gasteiger partial charge >= 0.3 is 23.6 Å². The van der Waals surface area contributed by atoms with Crippen molar-refractivity contribution in [3.05, 3.63) is 94.8 Å². The van der Waals surface area contributed by atoms with Crippen LogP contribution in [0.3, 0.4) is 0 Å². The average molecular weight is 763 g/mol. The van der Waals surface area contributed by atoms with E-state index in [0.717, 1.165) is 72.2 Å². The van der Waals surface area contributed by atoms with Crippen molar-refractivity contribution in [1.82, 2.24) is 29.7 Å². The van der Waals surface area contributed by atoms with Gasteiger partial charge in [-0.15, -0.1) is 0 Å². The number of carbonyl (C=O) groups is 4. The lowest BCUT2D eigenvalue weighted by molar-refractivity contribution is -0.146. The van der Waals surface area contributed by atoms with Gasteiger partial charge in [0.15, 0.2) is 0 Å². The lowest BCUT2D eigenvalue weighted by atomic mass is 9.90. The SMILES string of the molecule is CCc1ccc([C@@H]2CC[C@@H](C)CN2C(=O)C(=O)Nc2cnc(N)c(C)c2)cn1.CCc1ccc([C@H]2CC[C@H](C)CN2C(=O)C(=O)Nc2cnc(N)c(C)c2)cn1. The van der Waals surface area contributed by atoms with Crippen molar-refractivity contribution < 1.29 is 19.2 Å². The van der Waals surface area contributed by atoms with Crippen LogP contribution in [-0.4, -0.2) is 66.5 Å². The Labute approximate surface area is 328 Å². The summed E-state index contributed by atoms with van der Waals surface area (Å²) in [6, 6.07) is 11.1. The minimum atomic E-state index is -0.664. The number of nitrogens with two attached hydrogens (primary N) is 2. The third-order valence-electron chi connectivity index (χ3n) is 10.5. The van der Waals surface area contributed by atoms with Crippen LogP contribution in [0.4, 0.5) is 23.0 Å². The maximum atomic E-state index is 13.0. The van der Waals surface area contributed by atoms with Crippen molar-refractivity contribution in [3.8, 4) is 0 Å². The quantitative estimate of drug-likeness (QED) is 0.176. The van der Waals surface area contributed by atoms with Crippen molar-refractivity contribution >= 4 is 46.6 Å². The highest BCUT2D eigenvalue weighted by atomic mass is 16.2. The number of nitrogens with one attached hydrogen (secondary N) is 2. The second-order valence-corrected chi connectivity index (χ2v) is 14.9. The van der Waals surface area contributed by atoms with Crippen molar-refractivity contribution in [2.45, 2.75) is 92.2 Å². The van der Waals surface area contributed by atoms with Gasteiger partial charge in [0.05, 0.1) is 35.9 Å². The predicted molar refractivity (Wildman–Crippen MR) is 217 cm³/mol. The van der Waals surface area contributed by atoms with Crippen LogP contribution in [0.5, 0.6) is 0 Å². The highest BCUT2D eigenvalue weighted by Gasteiger charge is 2.36. The molecule has 0 radical (unpaired) electrons. The van der Waals surface area contributed by atoms with E-state index in [9.17, 15) is 19.2 Å². The second kappa shape index (κ2) is 18.6. The summed E-state index contributed by atoms with van der Waals surface area (Å²) in [5.74, 6) is -0.912. The molecule has 0 unspecified atom stereocenters. The number of hydrogen-bond donors (Lipinski definition) is 4. The van der Waals surface area contributed by atoms with E-state index in [1.165, 1.54) is 12.4 Å². The zero-order valence-electron chi connectivity index (χ0n) is 33.2. The first-order chi connectivity index (χ1) is 26.8. The number of aromatic nitrogens is 4. The third-order valence-corrected chi connectivity index (χ3v) is 10.5. The number of nitrogen functional groups attached to an aromatic ring is 2. The van der Waals surface area contributed by atoms with Gasteiger partial charge in [0.25, 0.3) is 0 Å². The Balaban J connectivity index is 0.000000214. The fourth-order valence-corrected chi connectivity index (χ4v) is 7.07. The lowest BCUT2D eigenvalue weighted by Gasteiger charge is -2.38. The zero-order valence-corrected chi connectivity index (χ0v) is 33.2. The molecule has 4 aromatic rings. The summed E-state index contributed by atoms with van der Waals surface area (Å²) in [7, 11) is 0. The van der Waals surface area contributed by atoms with E-state index in [2.05, 4.69) is 58.3 Å². The molecule has 2 aliphatic rings. The van der Waals surface area contributed by atoms with Crippen LogP contribution < -0.4 is 22.1 Å². The number of amides is 4. The minimum Gasteiger partial charge on any atom is -0.383 e. The number of pyridine rings is 4. The van der Waals surface area contributed by atoms with Crippen molar-refractivity contribution in [2.75, 3.05) is 35.2 Å². The topological polar surface area (TPSA) is 202 Å². The Hall–Kier alpha value is -5.92. The van der Waals surface area contributed by atoms with Crippen LogP contribution >= 0.6 is 0 Å². The van der Waals surface area contributed by atoms with Crippen LogP contribution in [0, 0.1) is 25.7 Å². The molecule has 14 heteroatoms. The van der Waals surface area contributed by atoms with Gasteiger partial charge in [0.2, 0.25) is 0 Å². The fraction of sp³-hybridized carbons (Fsp3) is 0.429. The fourth-order valence-electron chi connectivity index (χ4n) is 7.07. The summed E-state index contributed by atoms with van der Waals surface area (Å²) in [6.07, 6.45) is 11.9. The molecule has 296 valence electrons. The van der Waals surface area contributed by atoms with Crippen molar-refractivity contribution in [2.24, 2.45) is 11.8 Å². The van der Waals surface area contributed by atoms with Gasteiger partial charge in [-0.25, -0.2) is 9.97 Å². The van der Waals surface area contributed by atoms with Gasteiger partial charge < -0.3 is 31.9 Å². The first kappa shape index (κ1) is 41.2. The lowest BCUT2D eigenvalue weighted by Crippen LogP contribution is -2.46. The molecule has 0 saturated carbocycles. The standard InChI is InChI=1S/2C21H27N5O2/c2*1-4-16-7-6-15(10-23-16)18-8-5-13(2)12-26(18)21(28)20(27)25-17-9-14(3)19(22)24-11-17/h2*6-7,9-11,13,18H,4-5,8,12H2,1-3H3,(H2,22,24)(H,25,27)/t2*13-,18+/m10/s1. The van der Waals surface area contributed by atoms with Crippen LogP contribution in [0.2, 0.25) is 0 Å². The summed E-state index contributed by atoms with van der Waals surface area (Å²) in [4.78, 5) is 71.4. The normalized spacial score (nSPS) is 19.3. The summed E-state index contributed by atoms with van der Waals surface area (Å²) < 4.78 is 0. The molecule has 6 heterocycles. The van der Waals surface area contributed by atoms with Gasteiger partial charge in [-0.2, -0.15) is 0 Å². The molecule has 0 bridgehead atoms. The number of nitrogens with zero attached hydrogens (tertiary/aromatic N) is 6. The van der Waals surface area contributed by atoms with Gasteiger partial charge in [0.1, 0.15) is 11.6 Å². The van der Waals surface area contributed by atoms with Gasteiger partial charge in [0, 0.05) is 36.9 Å². The smallest absolute Gasteiger partial charge is 0.313 e. The molecule has 2 fully saturated rings. The van der Waals surface area contributed by atoms with Crippen molar-refractivity contribution in [3.63, 3.8) is 0 Å². The first-order valence-corrected chi connectivity index (χ1v) is 19.4. The molecule has 14 nitrogen and oxygen atoms in total. The number of rotatable bonds is 6. The van der Waals surface area contributed by atoms with Crippen LogP contribution in [0.1, 0.15) is 99.1 Å². The Kier molecular flexibility index (Phi) is 13.7. The van der Waals surface area contributed by atoms with Crippen molar-refractivity contribution in [1.29, 1.82) is 0 Å². The molecule has 0 aliphatic carbocycles. The molecule has 56 heavy (non-hydrogen) atoms. The molecule has 6 rings (SSSR count). The molecule has 4 amide bonds. The number of hydrogen-bond acceptors (Lipinski definition) is 10. The number of piperidine rings is 2. The third kappa shape index (κ3) is 10.2. The highest BCUT2D eigenvalue weighted by Crippen LogP contribution is 2.35. The molecule has 0 aromatic carbocycles. The molecule has 2 saturated heterocycles. The molecule has 2 aliphatic heterocycles. The van der Waals surface area contributed by atoms with Gasteiger partial charge in [-0.3, -0.25) is 29.1 Å². The average Bonchev–Trinajstić information content (AvgIpc) is 3.20. The van der Waals surface area contributed by atoms with E-state index in [4.69, 9.17) is 11.5 Å². The summed E-state index contributed by atoms with van der Waals surface area (Å²) in [5.41, 5.74) is 17.8. The first-order valence-electron chi connectivity index (χ1n) is 19.4. The van der Waals surface area contributed by atoms with E-state index in [0.29, 0.717) is 47.9 Å². The molecular weight excluding hydrogens is 709 g/mol. The van der Waals surface area contributed by atoms with E-state index in [1.54, 1.807) is 35.8 Å². The van der Waals surface area contributed by atoms with Crippen LogP contribution in [0.25, 0.3) is 0 Å². The molecule has 4 atom stereocenters. The molecule has 4 aromatic heterocycles. The minimum absolute atomic E-state index is 0.140. The summed E-state index contributed by atoms with van der Waals surface area (Å²) in [6.45, 7) is 13.0. The second-order valence-electron chi connectivity index (χ2n) is 14.9. The summed E-state index contributed by atoms with van der Waals surface area (Å²) >= 11 is 0. The number of anilines is 4. The van der Waals surface area contributed by atoms with E-state index in [1.807, 2.05) is 36.7 Å². The number of carbonyl (C=O) groups excluding carboxylic acids is 4. The zero-order chi connectivity index (χ0) is 40.5. The van der Waals surface area contributed by atoms with Gasteiger partial charge in [-0.1, -0.05) is 39.8 Å². The van der Waals surface area contributed by atoms with E-state index < -0.39 is 23.6 Å². The van der Waals surface area contributed by atoms with Crippen LogP contribution in [-0.2, 0) is 32.0 Å². The Morgan fingerprint density at radius 1 is 0.625 bits per heavy atom. The van der Waals surface area contributed by atoms with E-state index >= 15 is 0 Å². The Bertz CT molecular complexity index is 1880. The van der Waals surface area contributed by atoms with E-state index in [-0.39, 0.29) is 12.1 Å². The highest BCUT2D eigenvalue weighted by molar-refractivity contribution is 6.40. The maximum absolute atomic E-state index is 13.0. The monoisotopic (exact) mass is 762 g/mol. The number of aryl methyl sites for hydroxylation is 4.